The minimum atomic E-state index is 0.425. The maximum Gasteiger partial charge on any atom is 0.160 e. The lowest BCUT2D eigenvalue weighted by atomic mass is 10.2. The van der Waals surface area contributed by atoms with Gasteiger partial charge >= 0.3 is 0 Å². The average molecular weight is 281 g/mol. The van der Waals surface area contributed by atoms with E-state index in [4.69, 9.17) is 16.6 Å². The van der Waals surface area contributed by atoms with Crippen LogP contribution in [0.3, 0.4) is 0 Å². The second kappa shape index (κ2) is 5.88. The maximum absolute atomic E-state index is 5.89. The molecule has 5 heteroatoms. The first-order chi connectivity index (χ1) is 9.04. The van der Waals surface area contributed by atoms with Crippen LogP contribution in [0.4, 0.5) is 0 Å². The molecule has 0 radical (unpaired) electrons. The number of rotatable bonds is 5. The van der Waals surface area contributed by atoms with Crippen LogP contribution in [0.1, 0.15) is 18.3 Å². The number of halogens is 1. The van der Waals surface area contributed by atoms with Gasteiger partial charge in [0.15, 0.2) is 5.65 Å². The van der Waals surface area contributed by atoms with E-state index in [1.54, 1.807) is 0 Å². The van der Waals surface area contributed by atoms with Gasteiger partial charge in [-0.2, -0.15) is 0 Å². The minimum absolute atomic E-state index is 0.425. The molecular weight excluding hydrogens is 260 g/mol. The molecule has 2 rings (SSSR count). The third kappa shape index (κ3) is 2.90. The average Bonchev–Trinajstić information content (AvgIpc) is 2.70. The molecule has 2 heterocycles. The van der Waals surface area contributed by atoms with Gasteiger partial charge in [-0.3, -0.25) is 0 Å². The van der Waals surface area contributed by atoms with Gasteiger partial charge in [0.2, 0.25) is 0 Å². The summed E-state index contributed by atoms with van der Waals surface area (Å²) >= 11 is 5.89. The van der Waals surface area contributed by atoms with E-state index in [0.717, 1.165) is 35.5 Å². The molecule has 0 N–H and O–H groups in total. The predicted molar refractivity (Wildman–Crippen MR) is 79.8 cm³/mol. The summed E-state index contributed by atoms with van der Waals surface area (Å²) < 4.78 is 2.20. The van der Waals surface area contributed by atoms with E-state index >= 15 is 0 Å². The molecule has 0 spiro atoms. The van der Waals surface area contributed by atoms with Crippen molar-refractivity contribution >= 4 is 22.8 Å². The zero-order chi connectivity index (χ0) is 14.0. The van der Waals surface area contributed by atoms with E-state index in [2.05, 4.69) is 42.4 Å². The number of alkyl halides is 1. The van der Waals surface area contributed by atoms with Crippen LogP contribution < -0.4 is 0 Å². The van der Waals surface area contributed by atoms with Gasteiger partial charge < -0.3 is 9.47 Å². The summed E-state index contributed by atoms with van der Waals surface area (Å²) in [5.74, 6) is 1.61. The van der Waals surface area contributed by atoms with Crippen LogP contribution >= 0.6 is 11.6 Å². The fraction of sp³-hybridized carbons (Fsp3) is 0.571. The molecule has 1 unspecified atom stereocenters. The third-order valence-electron chi connectivity index (χ3n) is 3.56. The summed E-state index contributed by atoms with van der Waals surface area (Å²) in [5, 5.41) is 0. The minimum Gasteiger partial charge on any atom is -0.311 e. The Morgan fingerprint density at radius 1 is 1.42 bits per heavy atom. The lowest BCUT2D eigenvalue weighted by molar-refractivity contribution is 0.283. The van der Waals surface area contributed by atoms with Crippen LogP contribution in [0.5, 0.6) is 0 Å². The number of imidazole rings is 1. The second-order valence-electron chi connectivity index (χ2n) is 5.19. The predicted octanol–water partition coefficient (Wildman–Crippen LogP) is 2.47. The van der Waals surface area contributed by atoms with E-state index in [9.17, 15) is 0 Å². The van der Waals surface area contributed by atoms with E-state index in [1.165, 1.54) is 0 Å². The monoisotopic (exact) mass is 280 g/mol. The van der Waals surface area contributed by atoms with Crippen molar-refractivity contribution < 1.29 is 0 Å². The third-order valence-corrected chi connectivity index (χ3v) is 3.75. The summed E-state index contributed by atoms with van der Waals surface area (Å²) in [6.45, 7) is 5.15. The molecule has 1 atom stereocenters. The van der Waals surface area contributed by atoms with Crippen molar-refractivity contribution in [3.63, 3.8) is 0 Å². The van der Waals surface area contributed by atoms with Crippen molar-refractivity contribution in [1.29, 1.82) is 0 Å². The van der Waals surface area contributed by atoms with Crippen LogP contribution in [0.15, 0.2) is 12.3 Å². The largest absolute Gasteiger partial charge is 0.311 e. The van der Waals surface area contributed by atoms with Crippen LogP contribution in [0, 0.1) is 6.92 Å². The number of aryl methyl sites for hydroxylation is 2. The second-order valence-corrected chi connectivity index (χ2v) is 5.57. The molecule has 2 aromatic rings. The standard InChI is InChI=1S/C14H21ClN4/c1-10-6-8-16-14-13(10)17-12(5-7-15)19(14)9-11(2)18(3)4/h6,8,11H,5,7,9H2,1-4H3. The Hall–Kier alpha value is -1.13. The Balaban J connectivity index is 2.49. The van der Waals surface area contributed by atoms with Crippen LogP contribution in [-0.2, 0) is 13.0 Å². The summed E-state index contributed by atoms with van der Waals surface area (Å²) in [7, 11) is 4.17. The summed E-state index contributed by atoms with van der Waals surface area (Å²) in [6, 6.07) is 2.42. The Morgan fingerprint density at radius 3 is 2.79 bits per heavy atom. The van der Waals surface area contributed by atoms with Gasteiger partial charge in [0.05, 0.1) is 0 Å². The van der Waals surface area contributed by atoms with Crippen molar-refractivity contribution in [3.05, 3.63) is 23.7 Å². The van der Waals surface area contributed by atoms with Crippen molar-refractivity contribution in [2.24, 2.45) is 0 Å². The number of hydrogen-bond acceptors (Lipinski definition) is 3. The van der Waals surface area contributed by atoms with E-state index in [1.807, 2.05) is 12.3 Å². The van der Waals surface area contributed by atoms with E-state index in [-0.39, 0.29) is 0 Å². The molecule has 0 saturated carbocycles. The molecule has 0 aliphatic rings. The molecular formula is C14H21ClN4. The van der Waals surface area contributed by atoms with Crippen molar-refractivity contribution in [3.8, 4) is 0 Å². The molecule has 19 heavy (non-hydrogen) atoms. The highest BCUT2D eigenvalue weighted by Crippen LogP contribution is 2.19. The fourth-order valence-corrected chi connectivity index (χ4v) is 2.25. The van der Waals surface area contributed by atoms with E-state index in [0.29, 0.717) is 11.9 Å². The Labute approximate surface area is 119 Å². The molecule has 0 amide bonds. The number of hydrogen-bond donors (Lipinski definition) is 0. The fourth-order valence-electron chi connectivity index (χ4n) is 2.08. The van der Waals surface area contributed by atoms with Crippen molar-refractivity contribution in [2.45, 2.75) is 32.9 Å². The van der Waals surface area contributed by atoms with Gasteiger partial charge in [-0.15, -0.1) is 11.6 Å². The highest BCUT2D eigenvalue weighted by atomic mass is 35.5. The summed E-state index contributed by atoms with van der Waals surface area (Å²) in [5.41, 5.74) is 3.12. The summed E-state index contributed by atoms with van der Waals surface area (Å²) in [4.78, 5) is 11.4. The van der Waals surface area contributed by atoms with Gasteiger partial charge in [0.1, 0.15) is 11.3 Å². The first kappa shape index (κ1) is 14.3. The normalized spacial score (nSPS) is 13.4. The van der Waals surface area contributed by atoms with Gasteiger partial charge in [0.25, 0.3) is 0 Å². The Morgan fingerprint density at radius 2 is 2.16 bits per heavy atom. The number of nitrogens with zero attached hydrogens (tertiary/aromatic N) is 4. The molecule has 0 fully saturated rings. The van der Waals surface area contributed by atoms with E-state index < -0.39 is 0 Å². The Bertz CT molecular complexity index is 562. The Kier molecular flexibility index (Phi) is 4.42. The molecule has 0 aromatic carbocycles. The molecule has 104 valence electrons. The highest BCUT2D eigenvalue weighted by molar-refractivity contribution is 6.17. The summed E-state index contributed by atoms with van der Waals surface area (Å²) in [6.07, 6.45) is 2.62. The smallest absolute Gasteiger partial charge is 0.160 e. The quantitative estimate of drug-likeness (QED) is 0.789. The SMILES string of the molecule is Cc1ccnc2c1nc(CCCl)n2CC(C)N(C)C. The lowest BCUT2D eigenvalue weighted by Gasteiger charge is -2.21. The van der Waals surface area contributed by atoms with Gasteiger partial charge in [-0.05, 0) is 39.6 Å². The number of aromatic nitrogens is 3. The van der Waals surface area contributed by atoms with Crippen LogP contribution in [0.25, 0.3) is 11.2 Å². The number of fused-ring (bicyclic) bond motifs is 1. The zero-order valence-corrected chi connectivity index (χ0v) is 12.8. The number of pyridine rings is 1. The van der Waals surface area contributed by atoms with Gasteiger partial charge in [-0.25, -0.2) is 9.97 Å². The van der Waals surface area contributed by atoms with Gasteiger partial charge in [0, 0.05) is 31.1 Å². The van der Waals surface area contributed by atoms with Crippen LogP contribution in [-0.4, -0.2) is 45.5 Å². The van der Waals surface area contributed by atoms with Crippen molar-refractivity contribution in [1.82, 2.24) is 19.4 Å². The maximum atomic E-state index is 5.89. The molecule has 0 bridgehead atoms. The molecule has 0 saturated heterocycles. The first-order valence-corrected chi connectivity index (χ1v) is 7.11. The molecule has 0 aliphatic carbocycles. The van der Waals surface area contributed by atoms with Crippen molar-refractivity contribution in [2.75, 3.05) is 20.0 Å². The highest BCUT2D eigenvalue weighted by Gasteiger charge is 2.15. The molecule has 2 aromatic heterocycles. The lowest BCUT2D eigenvalue weighted by Crippen LogP contribution is -2.30. The molecule has 0 aliphatic heterocycles. The van der Waals surface area contributed by atoms with Gasteiger partial charge in [-0.1, -0.05) is 0 Å². The van der Waals surface area contributed by atoms with Crippen LogP contribution in [0.2, 0.25) is 0 Å². The molecule has 4 nitrogen and oxygen atoms in total. The topological polar surface area (TPSA) is 34.0 Å². The number of likely N-dealkylation sites (N-methyl/N-ethyl adjacent to an activating group) is 1. The zero-order valence-electron chi connectivity index (χ0n) is 12.0. The first-order valence-electron chi connectivity index (χ1n) is 6.57.